The molecule has 1 aromatic heterocycles. The Bertz CT molecular complexity index is 500. The van der Waals surface area contributed by atoms with Crippen LogP contribution in [-0.4, -0.2) is 16.1 Å². The number of phenols is 1. The summed E-state index contributed by atoms with van der Waals surface area (Å²) < 4.78 is 0. The zero-order valence-electron chi connectivity index (χ0n) is 9.16. The molecule has 16 heavy (non-hydrogen) atoms. The Hall–Kier alpha value is -1.48. The molecule has 0 radical (unpaired) electrons. The summed E-state index contributed by atoms with van der Waals surface area (Å²) in [4.78, 5) is 3.32. The van der Waals surface area contributed by atoms with Gasteiger partial charge < -0.3 is 15.4 Å². The van der Waals surface area contributed by atoms with Crippen LogP contribution < -0.4 is 5.32 Å². The highest BCUT2D eigenvalue weighted by atomic mass is 16.3. The molecule has 3 heteroatoms. The lowest BCUT2D eigenvalue weighted by Crippen LogP contribution is -2.34. The van der Waals surface area contributed by atoms with Crippen LogP contribution in [0.25, 0.3) is 10.9 Å². The van der Waals surface area contributed by atoms with Crippen molar-refractivity contribution in [2.75, 3.05) is 0 Å². The van der Waals surface area contributed by atoms with E-state index >= 15 is 0 Å². The maximum atomic E-state index is 9.68. The third-order valence-electron chi connectivity index (χ3n) is 3.38. The number of rotatable bonds is 3. The minimum Gasteiger partial charge on any atom is -0.507 e. The van der Waals surface area contributed by atoms with Gasteiger partial charge in [-0.2, -0.15) is 0 Å². The fourth-order valence-electron chi connectivity index (χ4n) is 2.16. The Morgan fingerprint density at radius 1 is 1.38 bits per heavy atom. The molecule has 0 spiro atoms. The number of aromatic hydroxyl groups is 1. The van der Waals surface area contributed by atoms with Crippen LogP contribution in [0.2, 0.25) is 0 Å². The molecule has 3 nitrogen and oxygen atoms in total. The van der Waals surface area contributed by atoms with Gasteiger partial charge in [-0.1, -0.05) is 12.5 Å². The molecular weight excluding hydrogens is 200 g/mol. The summed E-state index contributed by atoms with van der Waals surface area (Å²) in [6, 6.07) is 8.29. The maximum Gasteiger partial charge on any atom is 0.124 e. The summed E-state index contributed by atoms with van der Waals surface area (Å²) in [5.41, 5.74) is 2.15. The number of hydrogen-bond acceptors (Lipinski definition) is 2. The number of hydrogen-bond donors (Lipinski definition) is 3. The first-order chi connectivity index (χ1) is 7.83. The first-order valence-electron chi connectivity index (χ1n) is 5.86. The molecule has 1 aliphatic rings. The number of H-pyrrole nitrogens is 1. The van der Waals surface area contributed by atoms with Crippen molar-refractivity contribution in [2.45, 2.75) is 31.8 Å². The van der Waals surface area contributed by atoms with Gasteiger partial charge in [0, 0.05) is 29.2 Å². The van der Waals surface area contributed by atoms with Crippen molar-refractivity contribution in [1.82, 2.24) is 10.3 Å². The Kier molecular flexibility index (Phi) is 2.33. The highest BCUT2D eigenvalue weighted by molar-refractivity contribution is 5.86. The third-order valence-corrected chi connectivity index (χ3v) is 3.38. The summed E-state index contributed by atoms with van der Waals surface area (Å²) in [5, 5.41) is 14.1. The molecule has 3 rings (SSSR count). The average molecular weight is 216 g/mol. The van der Waals surface area contributed by atoms with Gasteiger partial charge in [0.2, 0.25) is 0 Å². The predicted molar refractivity (Wildman–Crippen MR) is 64.4 cm³/mol. The quantitative estimate of drug-likeness (QED) is 0.738. The number of benzene rings is 1. The molecule has 1 fully saturated rings. The Labute approximate surface area is 94.5 Å². The second kappa shape index (κ2) is 3.83. The van der Waals surface area contributed by atoms with Crippen LogP contribution in [0.1, 0.15) is 25.0 Å². The third kappa shape index (κ3) is 1.67. The molecule has 0 aliphatic heterocycles. The Morgan fingerprint density at radius 2 is 2.25 bits per heavy atom. The first-order valence-corrected chi connectivity index (χ1v) is 5.86. The SMILES string of the molecule is Oc1cccc2[nH]c(CNC3CCC3)cc12. The molecule has 0 unspecified atom stereocenters. The van der Waals surface area contributed by atoms with Crippen LogP contribution in [0, 0.1) is 0 Å². The fraction of sp³-hybridized carbons (Fsp3) is 0.385. The standard InChI is InChI=1S/C13H16N2O/c16-13-6-2-5-12-11(13)7-10(15-12)8-14-9-3-1-4-9/h2,5-7,9,14-16H,1,3-4,8H2. The van der Waals surface area contributed by atoms with Crippen molar-refractivity contribution in [3.8, 4) is 5.75 Å². The van der Waals surface area contributed by atoms with Gasteiger partial charge in [0.1, 0.15) is 5.75 Å². The molecule has 1 aromatic carbocycles. The lowest BCUT2D eigenvalue weighted by molar-refractivity contribution is 0.337. The molecule has 0 atom stereocenters. The Morgan fingerprint density at radius 3 is 2.94 bits per heavy atom. The van der Waals surface area contributed by atoms with Crippen molar-refractivity contribution in [1.29, 1.82) is 0 Å². The minimum absolute atomic E-state index is 0.351. The molecule has 84 valence electrons. The number of aromatic nitrogens is 1. The predicted octanol–water partition coefficient (Wildman–Crippen LogP) is 2.52. The van der Waals surface area contributed by atoms with E-state index in [4.69, 9.17) is 0 Å². The summed E-state index contributed by atoms with van der Waals surface area (Å²) in [6.07, 6.45) is 3.95. The van der Waals surface area contributed by atoms with Crippen LogP contribution in [0.4, 0.5) is 0 Å². The molecule has 0 amide bonds. The van der Waals surface area contributed by atoms with Crippen molar-refractivity contribution in [3.05, 3.63) is 30.0 Å². The lowest BCUT2D eigenvalue weighted by Gasteiger charge is -2.26. The van der Waals surface area contributed by atoms with Gasteiger partial charge in [0.15, 0.2) is 0 Å². The van der Waals surface area contributed by atoms with Gasteiger partial charge in [-0.05, 0) is 31.0 Å². The second-order valence-corrected chi connectivity index (χ2v) is 4.54. The molecule has 0 saturated heterocycles. The van der Waals surface area contributed by atoms with E-state index in [0.29, 0.717) is 11.8 Å². The van der Waals surface area contributed by atoms with Crippen LogP contribution in [0.15, 0.2) is 24.3 Å². The van der Waals surface area contributed by atoms with E-state index in [0.717, 1.165) is 23.1 Å². The van der Waals surface area contributed by atoms with Crippen molar-refractivity contribution < 1.29 is 5.11 Å². The summed E-state index contributed by atoms with van der Waals surface area (Å²) in [5.74, 6) is 0.351. The van der Waals surface area contributed by atoms with Crippen LogP contribution in [0.3, 0.4) is 0 Å². The van der Waals surface area contributed by atoms with Crippen LogP contribution in [0.5, 0.6) is 5.75 Å². The van der Waals surface area contributed by atoms with Gasteiger partial charge in [-0.15, -0.1) is 0 Å². The minimum atomic E-state index is 0.351. The van der Waals surface area contributed by atoms with Gasteiger partial charge in [-0.25, -0.2) is 0 Å². The fourth-order valence-corrected chi connectivity index (χ4v) is 2.16. The zero-order valence-corrected chi connectivity index (χ0v) is 9.16. The van der Waals surface area contributed by atoms with Crippen LogP contribution >= 0.6 is 0 Å². The summed E-state index contributed by atoms with van der Waals surface area (Å²) in [7, 11) is 0. The highest BCUT2D eigenvalue weighted by Gasteiger charge is 2.16. The summed E-state index contributed by atoms with van der Waals surface area (Å²) >= 11 is 0. The number of nitrogens with one attached hydrogen (secondary N) is 2. The van der Waals surface area contributed by atoms with Crippen LogP contribution in [-0.2, 0) is 6.54 Å². The van der Waals surface area contributed by atoms with Gasteiger partial charge in [0.05, 0.1) is 0 Å². The molecule has 1 aliphatic carbocycles. The second-order valence-electron chi connectivity index (χ2n) is 4.54. The zero-order chi connectivity index (χ0) is 11.0. The van der Waals surface area contributed by atoms with E-state index in [-0.39, 0.29) is 0 Å². The first kappa shape index (κ1) is 9.73. The van der Waals surface area contributed by atoms with E-state index in [1.165, 1.54) is 19.3 Å². The van der Waals surface area contributed by atoms with Crippen molar-refractivity contribution in [3.63, 3.8) is 0 Å². The van der Waals surface area contributed by atoms with E-state index in [1.54, 1.807) is 6.07 Å². The van der Waals surface area contributed by atoms with Gasteiger partial charge >= 0.3 is 0 Å². The largest absolute Gasteiger partial charge is 0.507 e. The van der Waals surface area contributed by atoms with Gasteiger partial charge in [-0.3, -0.25) is 0 Å². The average Bonchev–Trinajstić information content (AvgIpc) is 2.60. The number of aromatic amines is 1. The molecule has 3 N–H and O–H groups in total. The van der Waals surface area contributed by atoms with E-state index in [2.05, 4.69) is 10.3 Å². The normalized spacial score (nSPS) is 16.5. The van der Waals surface area contributed by atoms with Crippen molar-refractivity contribution in [2.24, 2.45) is 0 Å². The summed E-state index contributed by atoms with van der Waals surface area (Å²) in [6.45, 7) is 0.860. The molecule has 1 saturated carbocycles. The van der Waals surface area contributed by atoms with Gasteiger partial charge in [0.25, 0.3) is 0 Å². The molecule has 1 heterocycles. The molecule has 2 aromatic rings. The monoisotopic (exact) mass is 216 g/mol. The lowest BCUT2D eigenvalue weighted by atomic mass is 9.93. The van der Waals surface area contributed by atoms with E-state index in [9.17, 15) is 5.11 Å². The number of phenolic OH excluding ortho intramolecular Hbond substituents is 1. The molecule has 0 bridgehead atoms. The Balaban J connectivity index is 1.79. The van der Waals surface area contributed by atoms with Crippen molar-refractivity contribution >= 4 is 10.9 Å². The maximum absolute atomic E-state index is 9.68. The highest BCUT2D eigenvalue weighted by Crippen LogP contribution is 2.25. The topological polar surface area (TPSA) is 48.0 Å². The smallest absolute Gasteiger partial charge is 0.124 e. The number of fused-ring (bicyclic) bond motifs is 1. The van der Waals surface area contributed by atoms with E-state index in [1.807, 2.05) is 18.2 Å². The molecular formula is C13H16N2O. The van der Waals surface area contributed by atoms with E-state index < -0.39 is 0 Å².